The van der Waals surface area contributed by atoms with Crippen molar-refractivity contribution >= 4 is 11.4 Å². The molecule has 1 aliphatic heterocycles. The number of nitrogens with zero attached hydrogens (tertiary/aromatic N) is 2. The molecule has 0 atom stereocenters. The highest BCUT2D eigenvalue weighted by atomic mass is 15.2. The molecule has 0 saturated heterocycles. The van der Waals surface area contributed by atoms with Crippen LogP contribution in [-0.2, 0) is 12.8 Å². The molecule has 1 aliphatic rings. The molecule has 226 valence electrons. The van der Waals surface area contributed by atoms with Crippen LogP contribution in [-0.4, -0.2) is 4.70 Å². The summed E-state index contributed by atoms with van der Waals surface area (Å²) in [5, 5.41) is 0. The Hall–Kier alpha value is -2.92. The van der Waals surface area contributed by atoms with E-state index >= 15 is 0 Å². The summed E-state index contributed by atoms with van der Waals surface area (Å²) < 4.78 is 1.42. The second kappa shape index (κ2) is 18.6. The third-order valence-electron chi connectivity index (χ3n) is 8.34. The van der Waals surface area contributed by atoms with Crippen molar-refractivity contribution in [3.05, 3.63) is 87.0 Å². The molecule has 0 unspecified atom stereocenters. The van der Waals surface area contributed by atoms with Crippen LogP contribution in [0.15, 0.2) is 48.0 Å². The molecule has 2 heteroatoms. The number of unbranched alkanes of at least 4 members (excludes halogenated alkanes) is 12. The van der Waals surface area contributed by atoms with Crippen molar-refractivity contribution in [3.8, 4) is 11.8 Å². The first-order chi connectivity index (χ1) is 20.5. The Morgan fingerprint density at radius 3 is 1.69 bits per heavy atom. The van der Waals surface area contributed by atoms with Gasteiger partial charge in [-0.25, -0.2) is 4.70 Å². The molecule has 0 amide bonds. The monoisotopic (exact) mass is 564 g/mol. The fraction of sp³-hybridized carbons (Fsp3) is 0.550. The molecular formula is C40H56N2. The third-order valence-corrected chi connectivity index (χ3v) is 8.34. The fourth-order valence-corrected chi connectivity index (χ4v) is 6.04. The lowest BCUT2D eigenvalue weighted by molar-refractivity contribution is -0.344. The lowest BCUT2D eigenvalue weighted by atomic mass is 9.98. The molecule has 0 bridgehead atoms. The van der Waals surface area contributed by atoms with Gasteiger partial charge < -0.3 is 5.53 Å². The highest BCUT2D eigenvalue weighted by molar-refractivity contribution is 5.82. The van der Waals surface area contributed by atoms with E-state index in [0.717, 1.165) is 53.8 Å². The number of allylic oxidation sites excluding steroid dienone is 2. The lowest BCUT2D eigenvalue weighted by Gasteiger charge is -2.13. The standard InChI is InChI=1S/C40H56N2/c1-6-9-12-15-16-17-18-21-24-36-31-39(37-27-32(4)25-34(29-37)22-19-13-10-7-2)42(41)40(36)38-28-33(5)26-35(30-38)23-20-14-11-8-3/h25-31H,6-20,22-23H2,1-5H3. The van der Waals surface area contributed by atoms with Crippen LogP contribution in [0.1, 0.15) is 150 Å². The van der Waals surface area contributed by atoms with Gasteiger partial charge >= 0.3 is 0 Å². The highest BCUT2D eigenvalue weighted by Gasteiger charge is 2.29. The van der Waals surface area contributed by atoms with Crippen LogP contribution in [0.5, 0.6) is 0 Å². The van der Waals surface area contributed by atoms with Gasteiger partial charge in [0.25, 0.3) is 0 Å². The van der Waals surface area contributed by atoms with Gasteiger partial charge in [0, 0.05) is 23.6 Å². The molecule has 0 aliphatic carbocycles. The van der Waals surface area contributed by atoms with Crippen LogP contribution >= 0.6 is 0 Å². The van der Waals surface area contributed by atoms with Gasteiger partial charge in [0.1, 0.15) is 5.57 Å². The Labute approximate surface area is 258 Å². The van der Waals surface area contributed by atoms with Crippen molar-refractivity contribution in [2.75, 3.05) is 0 Å². The van der Waals surface area contributed by atoms with Crippen LogP contribution in [0.4, 0.5) is 0 Å². The maximum atomic E-state index is 11.7. The summed E-state index contributed by atoms with van der Waals surface area (Å²) in [5.41, 5.74) is 21.6. The molecule has 0 fully saturated rings. The van der Waals surface area contributed by atoms with E-state index in [4.69, 9.17) is 0 Å². The molecule has 0 saturated carbocycles. The molecule has 0 radical (unpaired) electrons. The average molecular weight is 565 g/mol. The van der Waals surface area contributed by atoms with Gasteiger partial charge in [-0.3, -0.25) is 0 Å². The molecule has 42 heavy (non-hydrogen) atoms. The van der Waals surface area contributed by atoms with Crippen LogP contribution in [0.25, 0.3) is 16.9 Å². The maximum absolute atomic E-state index is 11.7. The molecule has 3 rings (SSSR count). The average Bonchev–Trinajstić information content (AvgIpc) is 3.30. The summed E-state index contributed by atoms with van der Waals surface area (Å²) in [6.45, 7) is 11.1. The first-order valence-corrected chi connectivity index (χ1v) is 17.1. The largest absolute Gasteiger partial charge is 0.493 e. The Morgan fingerprint density at radius 2 is 1.10 bits per heavy atom. The van der Waals surface area contributed by atoms with Gasteiger partial charge in [-0.05, 0) is 81.3 Å². The van der Waals surface area contributed by atoms with Crippen LogP contribution in [0.2, 0.25) is 0 Å². The Balaban J connectivity index is 1.89. The van der Waals surface area contributed by atoms with Gasteiger partial charge in [0.2, 0.25) is 11.4 Å². The quantitative estimate of drug-likeness (QED) is 0.0977. The maximum Gasteiger partial charge on any atom is 0.223 e. The fourth-order valence-electron chi connectivity index (χ4n) is 6.04. The van der Waals surface area contributed by atoms with Crippen LogP contribution < -0.4 is 0 Å². The third kappa shape index (κ3) is 10.7. The number of benzene rings is 2. The predicted octanol–water partition coefficient (Wildman–Crippen LogP) is 12.1. The summed E-state index contributed by atoms with van der Waals surface area (Å²) in [7, 11) is 0. The number of rotatable bonds is 18. The highest BCUT2D eigenvalue weighted by Crippen LogP contribution is 2.36. The second-order valence-electron chi connectivity index (χ2n) is 12.5. The Bertz CT molecular complexity index is 1280. The zero-order valence-electron chi connectivity index (χ0n) is 27.5. The van der Waals surface area contributed by atoms with Crippen molar-refractivity contribution in [2.45, 2.75) is 144 Å². The van der Waals surface area contributed by atoms with Crippen molar-refractivity contribution in [1.29, 1.82) is 0 Å². The van der Waals surface area contributed by atoms with Crippen LogP contribution in [0.3, 0.4) is 0 Å². The van der Waals surface area contributed by atoms with Crippen molar-refractivity contribution in [2.24, 2.45) is 0 Å². The predicted molar refractivity (Wildman–Crippen MR) is 182 cm³/mol. The minimum Gasteiger partial charge on any atom is -0.493 e. The van der Waals surface area contributed by atoms with E-state index in [1.807, 2.05) is 0 Å². The SMILES string of the molecule is CCCCCCCCC#CC1=C(c2cc(C)cc(CCCCCC)c2)[N+](=[N-])C(c2cc(C)cc(CCCCCC)c2)=C1. The molecule has 1 heterocycles. The van der Waals surface area contributed by atoms with E-state index in [9.17, 15) is 5.53 Å². The number of aryl methyl sites for hydroxylation is 4. The first-order valence-electron chi connectivity index (χ1n) is 17.1. The summed E-state index contributed by atoms with van der Waals surface area (Å²) in [6, 6.07) is 13.6. The normalized spacial score (nSPS) is 13.0. The molecule has 2 aromatic carbocycles. The van der Waals surface area contributed by atoms with E-state index in [2.05, 4.69) is 88.9 Å². The summed E-state index contributed by atoms with van der Waals surface area (Å²) in [4.78, 5) is 0. The van der Waals surface area contributed by atoms with Gasteiger partial charge in [-0.2, -0.15) is 0 Å². The van der Waals surface area contributed by atoms with Gasteiger partial charge in [0.15, 0.2) is 0 Å². The Kier molecular flexibility index (Phi) is 14.9. The van der Waals surface area contributed by atoms with E-state index in [-0.39, 0.29) is 0 Å². The molecule has 2 nitrogen and oxygen atoms in total. The first kappa shape index (κ1) is 33.6. The summed E-state index contributed by atoms with van der Waals surface area (Å²) in [6.07, 6.45) is 22.8. The number of hydrogen-bond donors (Lipinski definition) is 0. The zero-order valence-corrected chi connectivity index (χ0v) is 27.5. The molecule has 0 spiro atoms. The second-order valence-corrected chi connectivity index (χ2v) is 12.5. The minimum atomic E-state index is 0.824. The lowest BCUT2D eigenvalue weighted by Crippen LogP contribution is -2.04. The topological polar surface area (TPSA) is 25.3 Å². The van der Waals surface area contributed by atoms with Crippen LogP contribution in [0, 0.1) is 25.7 Å². The zero-order chi connectivity index (χ0) is 30.2. The number of hydrogen-bond acceptors (Lipinski definition) is 0. The van der Waals surface area contributed by atoms with Gasteiger partial charge in [-0.15, -0.1) is 0 Å². The van der Waals surface area contributed by atoms with Crippen molar-refractivity contribution < 1.29 is 4.70 Å². The van der Waals surface area contributed by atoms with E-state index in [1.54, 1.807) is 0 Å². The van der Waals surface area contributed by atoms with Crippen molar-refractivity contribution in [1.82, 2.24) is 0 Å². The minimum absolute atomic E-state index is 0.824. The van der Waals surface area contributed by atoms with Gasteiger partial charge in [0.05, 0.1) is 0 Å². The molecule has 0 N–H and O–H groups in total. The van der Waals surface area contributed by atoms with Crippen molar-refractivity contribution in [3.63, 3.8) is 0 Å². The van der Waals surface area contributed by atoms with E-state index in [1.165, 1.54) is 110 Å². The molecule has 0 aromatic heterocycles. The smallest absolute Gasteiger partial charge is 0.223 e. The Morgan fingerprint density at radius 1 is 0.595 bits per heavy atom. The molecule has 2 aromatic rings. The van der Waals surface area contributed by atoms with Gasteiger partial charge in [-0.1, -0.05) is 127 Å². The van der Waals surface area contributed by atoms with E-state index in [0.29, 0.717) is 0 Å². The van der Waals surface area contributed by atoms with E-state index < -0.39 is 0 Å². The summed E-state index contributed by atoms with van der Waals surface area (Å²) in [5.74, 6) is 6.95. The summed E-state index contributed by atoms with van der Waals surface area (Å²) >= 11 is 0. The molecular weight excluding hydrogens is 508 g/mol.